The molecule has 188 valence electrons. The van der Waals surface area contributed by atoms with E-state index in [9.17, 15) is 14.4 Å². The number of fused-ring (bicyclic) bond motifs is 1. The van der Waals surface area contributed by atoms with Gasteiger partial charge in [0.2, 0.25) is 5.91 Å². The Balaban J connectivity index is 1.60. The van der Waals surface area contributed by atoms with Crippen molar-refractivity contribution >= 4 is 23.4 Å². The number of nitrogens with zero attached hydrogens (tertiary/aromatic N) is 3. The molecule has 0 fully saturated rings. The van der Waals surface area contributed by atoms with E-state index in [2.05, 4.69) is 15.6 Å². The summed E-state index contributed by atoms with van der Waals surface area (Å²) in [6, 6.07) is 13.7. The lowest BCUT2D eigenvalue weighted by Crippen LogP contribution is -2.64. The molecular formula is C28H33N5O3. The molecule has 0 bridgehead atoms. The highest BCUT2D eigenvalue weighted by molar-refractivity contribution is 6.12. The maximum absolute atomic E-state index is 13.7. The van der Waals surface area contributed by atoms with Gasteiger partial charge in [-0.05, 0) is 50.8 Å². The number of aromatic nitrogens is 2. The molecule has 0 spiro atoms. The summed E-state index contributed by atoms with van der Waals surface area (Å²) in [4.78, 5) is 46.2. The first-order chi connectivity index (χ1) is 17.2. The monoisotopic (exact) mass is 487 g/mol. The molecule has 4 rings (SSSR count). The molecule has 1 aliphatic heterocycles. The number of nitrogens with one attached hydrogen (secondary N) is 2. The van der Waals surface area contributed by atoms with Crippen LogP contribution >= 0.6 is 0 Å². The van der Waals surface area contributed by atoms with Crippen molar-refractivity contribution in [3.63, 3.8) is 0 Å². The maximum atomic E-state index is 13.7. The van der Waals surface area contributed by atoms with E-state index in [0.717, 1.165) is 22.3 Å². The molecule has 1 aliphatic rings. The first kappa shape index (κ1) is 25.2. The summed E-state index contributed by atoms with van der Waals surface area (Å²) < 4.78 is 1.62. The predicted molar refractivity (Wildman–Crippen MR) is 139 cm³/mol. The molecule has 1 aromatic heterocycles. The molecule has 36 heavy (non-hydrogen) atoms. The molecule has 2 heterocycles. The van der Waals surface area contributed by atoms with E-state index in [4.69, 9.17) is 0 Å². The van der Waals surface area contributed by atoms with E-state index in [-0.39, 0.29) is 29.7 Å². The molecule has 2 aromatic carbocycles. The topological polar surface area (TPSA) is 96.3 Å². The second-order valence-corrected chi connectivity index (χ2v) is 9.69. The van der Waals surface area contributed by atoms with E-state index in [1.165, 1.54) is 6.33 Å². The average molecular weight is 488 g/mol. The zero-order valence-corrected chi connectivity index (χ0v) is 21.5. The van der Waals surface area contributed by atoms with Gasteiger partial charge in [-0.15, -0.1) is 0 Å². The molecule has 2 N–H and O–H groups in total. The van der Waals surface area contributed by atoms with E-state index in [1.807, 2.05) is 70.2 Å². The maximum Gasteiger partial charge on any atom is 0.276 e. The fraction of sp³-hybridized carbons (Fsp3) is 0.357. The van der Waals surface area contributed by atoms with E-state index >= 15 is 0 Å². The number of imidazole rings is 1. The van der Waals surface area contributed by atoms with Crippen molar-refractivity contribution in [2.45, 2.75) is 59.7 Å². The number of hydrogen-bond acceptors (Lipinski definition) is 4. The van der Waals surface area contributed by atoms with Crippen LogP contribution in [0, 0.1) is 20.8 Å². The van der Waals surface area contributed by atoms with Gasteiger partial charge in [0.25, 0.3) is 11.8 Å². The van der Waals surface area contributed by atoms with Crippen molar-refractivity contribution in [2.24, 2.45) is 0 Å². The van der Waals surface area contributed by atoms with Crippen LogP contribution in [-0.4, -0.2) is 44.3 Å². The van der Waals surface area contributed by atoms with Crippen molar-refractivity contribution < 1.29 is 14.4 Å². The highest BCUT2D eigenvalue weighted by atomic mass is 16.2. The van der Waals surface area contributed by atoms with E-state index in [1.54, 1.807) is 16.4 Å². The lowest BCUT2D eigenvalue weighted by molar-refractivity contribution is -0.133. The van der Waals surface area contributed by atoms with Gasteiger partial charge >= 0.3 is 0 Å². The number of benzene rings is 2. The summed E-state index contributed by atoms with van der Waals surface area (Å²) in [5.41, 5.74) is 3.83. The van der Waals surface area contributed by atoms with Crippen LogP contribution in [0.1, 0.15) is 63.5 Å². The summed E-state index contributed by atoms with van der Waals surface area (Å²) in [5, 5.41) is 5.92. The van der Waals surface area contributed by atoms with E-state index < -0.39 is 11.4 Å². The fourth-order valence-corrected chi connectivity index (χ4v) is 4.69. The number of carbonyl (C=O) groups excluding carboxylic acids is 3. The number of rotatable bonds is 7. The minimum absolute atomic E-state index is 0.0610. The predicted octanol–water partition coefficient (Wildman–Crippen LogP) is 4.00. The van der Waals surface area contributed by atoms with Gasteiger partial charge in [0.15, 0.2) is 5.69 Å². The molecule has 8 heteroatoms. The number of hydrogen-bond donors (Lipinski definition) is 2. The van der Waals surface area contributed by atoms with Gasteiger partial charge < -0.3 is 20.1 Å². The second kappa shape index (κ2) is 9.97. The van der Waals surface area contributed by atoms with Crippen LogP contribution in [0.25, 0.3) is 0 Å². The Morgan fingerprint density at radius 2 is 1.72 bits per heavy atom. The minimum atomic E-state index is -1.12. The van der Waals surface area contributed by atoms with Gasteiger partial charge in [-0.3, -0.25) is 14.4 Å². The molecule has 1 atom stereocenters. The van der Waals surface area contributed by atoms with Crippen LogP contribution in [0.5, 0.6) is 0 Å². The van der Waals surface area contributed by atoms with Gasteiger partial charge in [-0.25, -0.2) is 4.98 Å². The van der Waals surface area contributed by atoms with Crippen molar-refractivity contribution in [1.82, 2.24) is 19.8 Å². The van der Waals surface area contributed by atoms with Crippen LogP contribution in [0.4, 0.5) is 5.69 Å². The van der Waals surface area contributed by atoms with Crippen LogP contribution in [0.15, 0.2) is 48.8 Å². The van der Waals surface area contributed by atoms with Crippen LogP contribution in [0.2, 0.25) is 0 Å². The highest BCUT2D eigenvalue weighted by Crippen LogP contribution is 2.30. The zero-order valence-electron chi connectivity index (χ0n) is 21.5. The summed E-state index contributed by atoms with van der Waals surface area (Å²) in [6.07, 6.45) is 2.15. The van der Waals surface area contributed by atoms with Crippen molar-refractivity contribution in [3.8, 4) is 0 Å². The summed E-state index contributed by atoms with van der Waals surface area (Å²) in [7, 11) is 0. The normalized spacial score (nSPS) is 17.0. The molecule has 1 unspecified atom stereocenters. The molecule has 3 amide bonds. The first-order valence-corrected chi connectivity index (χ1v) is 12.2. The van der Waals surface area contributed by atoms with Crippen LogP contribution in [-0.2, 0) is 17.9 Å². The highest BCUT2D eigenvalue weighted by Gasteiger charge is 2.48. The number of para-hydroxylation sites is 1. The largest absolute Gasteiger partial charge is 0.350 e. The number of carbonyl (C=O) groups is 3. The molecule has 8 nitrogen and oxygen atoms in total. The summed E-state index contributed by atoms with van der Waals surface area (Å²) in [5.74, 6) is -1.07. The van der Waals surface area contributed by atoms with Crippen molar-refractivity contribution in [3.05, 3.63) is 82.4 Å². The Morgan fingerprint density at radius 3 is 2.36 bits per heavy atom. The lowest BCUT2D eigenvalue weighted by atomic mass is 9.93. The molecule has 3 aromatic rings. The van der Waals surface area contributed by atoms with Gasteiger partial charge in [-0.1, -0.05) is 55.0 Å². The Bertz CT molecular complexity index is 1290. The Kier molecular flexibility index (Phi) is 6.97. The smallest absolute Gasteiger partial charge is 0.276 e. The number of amides is 3. The van der Waals surface area contributed by atoms with Gasteiger partial charge in [-0.2, -0.15) is 0 Å². The third kappa shape index (κ3) is 4.63. The molecule has 0 saturated carbocycles. The first-order valence-electron chi connectivity index (χ1n) is 12.2. The Hall–Kier alpha value is -3.94. The quantitative estimate of drug-likeness (QED) is 0.527. The minimum Gasteiger partial charge on any atom is -0.350 e. The molecule has 0 aliphatic carbocycles. The second-order valence-electron chi connectivity index (χ2n) is 9.69. The Labute approximate surface area is 211 Å². The standard InChI is InChI=1S/C28H33N5O3/c1-6-14-33-26(35)24-23(25(34)31-22-19(3)8-7-9-20(22)4)30-17-32(24)16-28(33,5)27(36)29-15-21-12-10-18(2)11-13-21/h7-13,17H,6,14-16H2,1-5H3,(H,29,36)(H,31,34). The third-order valence-corrected chi connectivity index (χ3v) is 6.80. The third-order valence-electron chi connectivity index (χ3n) is 6.80. The summed E-state index contributed by atoms with van der Waals surface area (Å²) >= 11 is 0. The van der Waals surface area contributed by atoms with Gasteiger partial charge in [0.1, 0.15) is 11.2 Å². The average Bonchev–Trinajstić information content (AvgIpc) is 3.27. The van der Waals surface area contributed by atoms with Crippen LogP contribution in [0.3, 0.4) is 0 Å². The van der Waals surface area contributed by atoms with Gasteiger partial charge in [0, 0.05) is 18.8 Å². The molecular weight excluding hydrogens is 454 g/mol. The molecule has 0 saturated heterocycles. The van der Waals surface area contributed by atoms with Crippen molar-refractivity contribution in [1.29, 1.82) is 0 Å². The zero-order chi connectivity index (χ0) is 26.0. The SMILES string of the molecule is CCCN1C(=O)c2c(C(=O)Nc3c(C)cccc3C)ncn2CC1(C)C(=O)NCc1ccc(C)cc1. The Morgan fingerprint density at radius 1 is 1.06 bits per heavy atom. The number of aryl methyl sites for hydroxylation is 3. The lowest BCUT2D eigenvalue weighted by Gasteiger charge is -2.43. The van der Waals surface area contributed by atoms with Crippen molar-refractivity contribution in [2.75, 3.05) is 11.9 Å². The molecule has 0 radical (unpaired) electrons. The van der Waals surface area contributed by atoms with Gasteiger partial charge in [0.05, 0.1) is 12.9 Å². The number of anilines is 1. The van der Waals surface area contributed by atoms with Crippen LogP contribution < -0.4 is 10.6 Å². The summed E-state index contributed by atoms with van der Waals surface area (Å²) in [6.45, 7) is 10.5. The fourth-order valence-electron chi connectivity index (χ4n) is 4.69. The van der Waals surface area contributed by atoms with E-state index in [0.29, 0.717) is 25.2 Å².